The first-order valence-corrected chi connectivity index (χ1v) is 7.98. The molecule has 2 fully saturated rings. The Hall–Kier alpha value is -0.350. The van der Waals surface area contributed by atoms with Crippen LogP contribution in [0.5, 0.6) is 0 Å². The third-order valence-corrected chi connectivity index (χ3v) is 4.62. The number of hydrogen-bond acceptors (Lipinski definition) is 2. The Morgan fingerprint density at radius 3 is 2.52 bits per heavy atom. The molecule has 118 valence electrons. The smallest absolute Gasteiger partial charge is 0.129 e. The quantitative estimate of drug-likeness (QED) is 0.880. The number of benzene rings is 1. The predicted molar refractivity (Wildman–Crippen MR) is 87.7 cm³/mol. The molecule has 0 spiro atoms. The van der Waals surface area contributed by atoms with Crippen LogP contribution in [0.3, 0.4) is 0 Å². The average molecular weight is 333 g/mol. The average Bonchev–Trinajstić information content (AvgIpc) is 3.25. The Kier molecular flexibility index (Phi) is 6.30. The van der Waals surface area contributed by atoms with E-state index >= 15 is 0 Å². The number of nitrogens with one attached hydrogen (secondary N) is 1. The van der Waals surface area contributed by atoms with Crippen LogP contribution < -0.4 is 5.32 Å². The zero-order chi connectivity index (χ0) is 13.9. The van der Waals surface area contributed by atoms with Crippen LogP contribution in [0.2, 0.25) is 5.02 Å². The van der Waals surface area contributed by atoms with Gasteiger partial charge in [0.05, 0.1) is 0 Å². The molecule has 1 saturated heterocycles. The molecule has 1 N–H and O–H groups in total. The molecule has 0 aromatic heterocycles. The Bertz CT molecular complexity index is 458. The fraction of sp³-hybridized carbons (Fsp3) is 0.625. The largest absolute Gasteiger partial charge is 0.314 e. The van der Waals surface area contributed by atoms with E-state index in [0.29, 0.717) is 17.6 Å². The number of hydrogen-bond donors (Lipinski definition) is 1. The van der Waals surface area contributed by atoms with Crippen LogP contribution >= 0.6 is 24.0 Å². The van der Waals surface area contributed by atoms with E-state index in [1.807, 2.05) is 0 Å². The third kappa shape index (κ3) is 5.10. The van der Waals surface area contributed by atoms with Crippen molar-refractivity contribution in [1.82, 2.24) is 10.2 Å². The lowest BCUT2D eigenvalue weighted by molar-refractivity contribution is 0.188. The van der Waals surface area contributed by atoms with Gasteiger partial charge in [-0.3, -0.25) is 4.90 Å². The summed E-state index contributed by atoms with van der Waals surface area (Å²) in [5.41, 5.74) is 0.749. The zero-order valence-electron chi connectivity index (χ0n) is 12.2. The zero-order valence-corrected chi connectivity index (χ0v) is 13.7. The highest BCUT2D eigenvalue weighted by atomic mass is 35.5. The Balaban J connectivity index is 0.00000161. The van der Waals surface area contributed by atoms with Crippen molar-refractivity contribution in [3.8, 4) is 0 Å². The molecule has 0 radical (unpaired) electrons. The highest BCUT2D eigenvalue weighted by Crippen LogP contribution is 2.28. The van der Waals surface area contributed by atoms with Crippen LogP contribution in [0, 0.1) is 11.7 Å². The van der Waals surface area contributed by atoms with E-state index in [1.165, 1.54) is 38.3 Å². The van der Waals surface area contributed by atoms with Crippen molar-refractivity contribution in [2.24, 2.45) is 5.92 Å². The number of halogens is 3. The molecular formula is C16H23Cl2FN2. The predicted octanol–water partition coefficient (Wildman–Crippen LogP) is 3.86. The Morgan fingerprint density at radius 2 is 1.90 bits per heavy atom. The van der Waals surface area contributed by atoms with E-state index in [2.05, 4.69) is 10.2 Å². The van der Waals surface area contributed by atoms with Crippen molar-refractivity contribution in [2.45, 2.75) is 38.3 Å². The minimum Gasteiger partial charge on any atom is -0.314 e. The maximum atomic E-state index is 13.8. The van der Waals surface area contributed by atoms with Crippen LogP contribution in [0.1, 0.15) is 31.2 Å². The summed E-state index contributed by atoms with van der Waals surface area (Å²) in [6, 6.07) is 5.63. The van der Waals surface area contributed by atoms with Gasteiger partial charge in [0, 0.05) is 23.2 Å². The molecule has 2 nitrogen and oxygen atoms in total. The summed E-state index contributed by atoms with van der Waals surface area (Å²) in [7, 11) is 0. The molecule has 2 aliphatic rings. The van der Waals surface area contributed by atoms with Gasteiger partial charge in [0.1, 0.15) is 5.82 Å². The van der Waals surface area contributed by atoms with Crippen molar-refractivity contribution in [1.29, 1.82) is 0 Å². The number of rotatable bonds is 5. The van der Waals surface area contributed by atoms with Crippen LogP contribution in [0.25, 0.3) is 0 Å². The molecule has 1 aliphatic carbocycles. The van der Waals surface area contributed by atoms with Crippen LogP contribution in [0.15, 0.2) is 18.2 Å². The first kappa shape index (κ1) is 17.0. The molecule has 1 heterocycles. The summed E-state index contributed by atoms with van der Waals surface area (Å²) >= 11 is 5.78. The normalized spacial score (nSPS) is 20.3. The molecule has 1 aromatic rings. The second-order valence-corrected chi connectivity index (χ2v) is 6.57. The molecular weight excluding hydrogens is 310 g/mol. The van der Waals surface area contributed by atoms with E-state index in [0.717, 1.165) is 24.6 Å². The summed E-state index contributed by atoms with van der Waals surface area (Å²) in [6.07, 6.45) is 5.15. The van der Waals surface area contributed by atoms with Gasteiger partial charge in [-0.1, -0.05) is 17.7 Å². The topological polar surface area (TPSA) is 15.3 Å². The van der Waals surface area contributed by atoms with E-state index in [4.69, 9.17) is 11.6 Å². The van der Waals surface area contributed by atoms with Crippen molar-refractivity contribution in [3.05, 3.63) is 34.6 Å². The monoisotopic (exact) mass is 332 g/mol. The molecule has 0 unspecified atom stereocenters. The molecule has 1 aliphatic heterocycles. The Labute approximate surface area is 137 Å². The molecule has 0 bridgehead atoms. The third-order valence-electron chi connectivity index (χ3n) is 4.39. The summed E-state index contributed by atoms with van der Waals surface area (Å²) in [4.78, 5) is 2.33. The van der Waals surface area contributed by atoms with Crippen molar-refractivity contribution in [3.63, 3.8) is 0 Å². The number of likely N-dealkylation sites (tertiary alicyclic amines) is 1. The van der Waals surface area contributed by atoms with E-state index in [9.17, 15) is 4.39 Å². The van der Waals surface area contributed by atoms with Gasteiger partial charge < -0.3 is 5.32 Å². The van der Waals surface area contributed by atoms with Gasteiger partial charge in [0.25, 0.3) is 0 Å². The lowest BCUT2D eigenvalue weighted by Gasteiger charge is -2.32. The minimum atomic E-state index is -0.188. The molecule has 5 heteroatoms. The first-order valence-electron chi connectivity index (χ1n) is 7.60. The van der Waals surface area contributed by atoms with Gasteiger partial charge >= 0.3 is 0 Å². The molecule has 0 amide bonds. The van der Waals surface area contributed by atoms with Gasteiger partial charge in [-0.2, -0.15) is 0 Å². The van der Waals surface area contributed by atoms with Crippen LogP contribution in [0.4, 0.5) is 4.39 Å². The summed E-state index contributed by atoms with van der Waals surface area (Å²) in [5, 5.41) is 4.14. The van der Waals surface area contributed by atoms with E-state index in [1.54, 1.807) is 12.1 Å². The fourth-order valence-corrected chi connectivity index (χ4v) is 3.00. The van der Waals surface area contributed by atoms with E-state index in [-0.39, 0.29) is 18.2 Å². The maximum Gasteiger partial charge on any atom is 0.129 e. The molecule has 21 heavy (non-hydrogen) atoms. The highest BCUT2D eigenvalue weighted by molar-refractivity contribution is 6.30. The van der Waals surface area contributed by atoms with Crippen molar-refractivity contribution in [2.75, 3.05) is 19.6 Å². The fourth-order valence-electron chi connectivity index (χ4n) is 2.84. The van der Waals surface area contributed by atoms with Gasteiger partial charge in [0.2, 0.25) is 0 Å². The van der Waals surface area contributed by atoms with Gasteiger partial charge in [-0.25, -0.2) is 4.39 Å². The highest BCUT2D eigenvalue weighted by Gasteiger charge is 2.24. The van der Waals surface area contributed by atoms with Crippen molar-refractivity contribution >= 4 is 24.0 Å². The molecule has 3 rings (SSSR count). The number of piperidine rings is 1. The standard InChI is InChI=1S/C16H22ClFN2.ClH/c17-14-4-3-13(16(18)9-14)11-20-7-5-15(6-8-20)19-10-12-1-2-12;/h3-4,9,12,15,19H,1-2,5-8,10-11H2;1H. The second kappa shape index (κ2) is 7.77. The van der Waals surface area contributed by atoms with Crippen molar-refractivity contribution < 1.29 is 4.39 Å². The van der Waals surface area contributed by atoms with Gasteiger partial charge in [0.15, 0.2) is 0 Å². The van der Waals surface area contributed by atoms with E-state index < -0.39 is 0 Å². The van der Waals surface area contributed by atoms with Gasteiger partial charge in [-0.15, -0.1) is 12.4 Å². The van der Waals surface area contributed by atoms with Gasteiger partial charge in [-0.05, 0) is 63.4 Å². The van der Waals surface area contributed by atoms with Crippen LogP contribution in [-0.4, -0.2) is 30.6 Å². The van der Waals surface area contributed by atoms with Crippen LogP contribution in [-0.2, 0) is 6.54 Å². The lowest BCUT2D eigenvalue weighted by atomic mass is 10.0. The lowest BCUT2D eigenvalue weighted by Crippen LogP contribution is -2.42. The molecule has 0 atom stereocenters. The summed E-state index contributed by atoms with van der Waals surface area (Å²) in [5.74, 6) is 0.752. The molecule has 1 saturated carbocycles. The summed E-state index contributed by atoms with van der Waals surface area (Å²) < 4.78 is 13.8. The minimum absolute atomic E-state index is 0. The molecule has 1 aromatic carbocycles. The Morgan fingerprint density at radius 1 is 1.19 bits per heavy atom. The summed E-state index contributed by atoms with van der Waals surface area (Å²) in [6.45, 7) is 3.98. The SMILES string of the molecule is Cl.Fc1cc(Cl)ccc1CN1CCC(NCC2CC2)CC1. The number of nitrogens with zero attached hydrogens (tertiary/aromatic N) is 1. The first-order chi connectivity index (χ1) is 9.70. The second-order valence-electron chi connectivity index (χ2n) is 6.14. The maximum absolute atomic E-state index is 13.8.